The molecule has 3 heteroatoms. The summed E-state index contributed by atoms with van der Waals surface area (Å²) < 4.78 is 11.1. The van der Waals surface area contributed by atoms with Gasteiger partial charge in [-0.25, -0.2) is 4.79 Å². The summed E-state index contributed by atoms with van der Waals surface area (Å²) in [5.74, 6) is 0.847. The Hall–Kier alpha value is -2.13. The molecule has 0 spiro atoms. The molecule has 2 atom stereocenters. The highest BCUT2D eigenvalue weighted by Gasteiger charge is 2.13. The molecule has 3 nitrogen and oxygen atoms in total. The van der Waals surface area contributed by atoms with Crippen molar-refractivity contribution in [1.29, 1.82) is 0 Å². The molecule has 0 heterocycles. The second-order valence-electron chi connectivity index (χ2n) is 7.31. The molecule has 0 saturated heterocycles. The van der Waals surface area contributed by atoms with Crippen LogP contribution in [0.25, 0.3) is 0 Å². The number of carbonyl (C=O) groups is 1. The topological polar surface area (TPSA) is 35.5 Å². The first kappa shape index (κ1) is 22.2. The first-order valence-electron chi connectivity index (χ1n) is 10.6. The van der Waals surface area contributed by atoms with E-state index in [1.54, 1.807) is 12.1 Å². The van der Waals surface area contributed by atoms with E-state index < -0.39 is 0 Å². The number of benzene rings is 2. The highest BCUT2D eigenvalue weighted by Crippen LogP contribution is 2.28. The van der Waals surface area contributed by atoms with Gasteiger partial charge in [0.25, 0.3) is 0 Å². The number of esters is 1. The zero-order valence-electron chi connectivity index (χ0n) is 17.7. The Balaban J connectivity index is 2.00. The Morgan fingerprint density at radius 3 is 2.07 bits per heavy atom. The molecule has 0 aromatic heterocycles. The molecule has 152 valence electrons. The van der Waals surface area contributed by atoms with Crippen LogP contribution < -0.4 is 4.74 Å². The number of hydrogen-bond acceptors (Lipinski definition) is 3. The lowest BCUT2D eigenvalue weighted by molar-refractivity contribution is 0.0729. The molecule has 0 radical (unpaired) electrons. The SMILES string of the molecule is CCCCC(CCC)c1ccc(OC(=O)c2ccc(C(C)OCC)cc2)cc1. The van der Waals surface area contributed by atoms with Crippen LogP contribution in [0, 0.1) is 0 Å². The fraction of sp³-hybridized carbons (Fsp3) is 0.480. The number of carbonyl (C=O) groups excluding carboxylic acids is 1. The number of unbranched alkanes of at least 4 members (excludes halogenated alkanes) is 1. The van der Waals surface area contributed by atoms with E-state index in [0.717, 1.165) is 5.56 Å². The second-order valence-corrected chi connectivity index (χ2v) is 7.31. The van der Waals surface area contributed by atoms with Crippen molar-refractivity contribution in [3.05, 3.63) is 65.2 Å². The zero-order valence-corrected chi connectivity index (χ0v) is 17.7. The molecule has 0 fully saturated rings. The van der Waals surface area contributed by atoms with Gasteiger partial charge < -0.3 is 9.47 Å². The van der Waals surface area contributed by atoms with Gasteiger partial charge >= 0.3 is 5.97 Å². The summed E-state index contributed by atoms with van der Waals surface area (Å²) in [7, 11) is 0. The third-order valence-corrected chi connectivity index (χ3v) is 5.14. The molecule has 0 amide bonds. The highest BCUT2D eigenvalue weighted by atomic mass is 16.5. The van der Waals surface area contributed by atoms with Gasteiger partial charge in [0, 0.05) is 6.61 Å². The Morgan fingerprint density at radius 1 is 0.857 bits per heavy atom. The summed E-state index contributed by atoms with van der Waals surface area (Å²) in [6, 6.07) is 15.5. The quantitative estimate of drug-likeness (QED) is 0.308. The molecule has 2 aromatic rings. The molecule has 28 heavy (non-hydrogen) atoms. The predicted molar refractivity (Wildman–Crippen MR) is 115 cm³/mol. The van der Waals surface area contributed by atoms with Crippen LogP contribution in [0.5, 0.6) is 5.75 Å². The van der Waals surface area contributed by atoms with Crippen molar-refractivity contribution in [3.8, 4) is 5.75 Å². The molecule has 2 unspecified atom stereocenters. The van der Waals surface area contributed by atoms with Crippen molar-refractivity contribution in [2.75, 3.05) is 6.61 Å². The maximum Gasteiger partial charge on any atom is 0.343 e. The normalized spacial score (nSPS) is 13.1. The molecule has 0 N–H and O–H groups in total. The van der Waals surface area contributed by atoms with E-state index in [9.17, 15) is 4.79 Å². The minimum Gasteiger partial charge on any atom is -0.423 e. The predicted octanol–water partition coefficient (Wildman–Crippen LogP) is 7.08. The van der Waals surface area contributed by atoms with Crippen molar-refractivity contribution in [2.45, 2.75) is 71.8 Å². The van der Waals surface area contributed by atoms with Crippen LogP contribution in [0.2, 0.25) is 0 Å². The molecule has 0 bridgehead atoms. The van der Waals surface area contributed by atoms with Crippen LogP contribution in [0.15, 0.2) is 48.5 Å². The summed E-state index contributed by atoms with van der Waals surface area (Å²) in [6.45, 7) is 9.11. The van der Waals surface area contributed by atoms with E-state index in [1.807, 2.05) is 38.1 Å². The van der Waals surface area contributed by atoms with Gasteiger partial charge in [0.05, 0.1) is 11.7 Å². The molecule has 2 aromatic carbocycles. The maximum absolute atomic E-state index is 12.4. The van der Waals surface area contributed by atoms with Gasteiger partial charge in [0.1, 0.15) is 5.75 Å². The van der Waals surface area contributed by atoms with Crippen molar-refractivity contribution >= 4 is 5.97 Å². The third-order valence-electron chi connectivity index (χ3n) is 5.14. The molecule has 0 aliphatic carbocycles. The highest BCUT2D eigenvalue weighted by molar-refractivity contribution is 5.91. The van der Waals surface area contributed by atoms with Crippen molar-refractivity contribution in [3.63, 3.8) is 0 Å². The van der Waals surface area contributed by atoms with Crippen LogP contribution in [-0.2, 0) is 4.74 Å². The molecular weight excluding hydrogens is 348 g/mol. The van der Waals surface area contributed by atoms with Crippen molar-refractivity contribution in [2.24, 2.45) is 0 Å². The van der Waals surface area contributed by atoms with Gasteiger partial charge in [-0.05, 0) is 68.0 Å². The van der Waals surface area contributed by atoms with Crippen LogP contribution in [0.3, 0.4) is 0 Å². The summed E-state index contributed by atoms with van der Waals surface area (Å²) in [6.07, 6.45) is 6.09. The van der Waals surface area contributed by atoms with E-state index in [1.165, 1.54) is 37.7 Å². The number of hydrogen-bond donors (Lipinski definition) is 0. The standard InChI is InChI=1S/C25H34O3/c1-5-8-10-21(9-6-2)22-15-17-24(18-16-22)28-25(26)23-13-11-20(12-14-23)19(4)27-7-3/h11-19,21H,5-10H2,1-4H3. The smallest absolute Gasteiger partial charge is 0.343 e. The molecule has 0 aliphatic heterocycles. The van der Waals surface area contributed by atoms with Gasteiger partial charge in [-0.15, -0.1) is 0 Å². The minimum atomic E-state index is -0.334. The summed E-state index contributed by atoms with van der Waals surface area (Å²) in [4.78, 5) is 12.4. The van der Waals surface area contributed by atoms with Gasteiger partial charge in [-0.2, -0.15) is 0 Å². The minimum absolute atomic E-state index is 0.0198. The average molecular weight is 383 g/mol. The largest absolute Gasteiger partial charge is 0.423 e. The molecule has 0 saturated carbocycles. The molecule has 2 rings (SSSR count). The molecular formula is C25H34O3. The fourth-order valence-electron chi connectivity index (χ4n) is 3.49. The summed E-state index contributed by atoms with van der Waals surface area (Å²) >= 11 is 0. The van der Waals surface area contributed by atoms with Gasteiger partial charge in [-0.1, -0.05) is 57.4 Å². The Kier molecular flexibility index (Phi) is 9.22. The summed E-state index contributed by atoms with van der Waals surface area (Å²) in [5.41, 5.74) is 2.93. The van der Waals surface area contributed by atoms with Gasteiger partial charge in [-0.3, -0.25) is 0 Å². The van der Waals surface area contributed by atoms with Crippen LogP contribution >= 0.6 is 0 Å². The summed E-state index contributed by atoms with van der Waals surface area (Å²) in [5, 5.41) is 0. The van der Waals surface area contributed by atoms with Crippen molar-refractivity contribution < 1.29 is 14.3 Å². The van der Waals surface area contributed by atoms with Gasteiger partial charge in [0.15, 0.2) is 0 Å². The fourth-order valence-corrected chi connectivity index (χ4v) is 3.49. The molecule has 0 aliphatic rings. The number of ether oxygens (including phenoxy) is 2. The lowest BCUT2D eigenvalue weighted by Gasteiger charge is -2.16. The Bertz CT molecular complexity index is 704. The van der Waals surface area contributed by atoms with Crippen LogP contribution in [-0.4, -0.2) is 12.6 Å². The average Bonchev–Trinajstić information content (AvgIpc) is 2.72. The Labute approximate surface area is 170 Å². The van der Waals surface area contributed by atoms with E-state index in [2.05, 4.69) is 26.0 Å². The van der Waals surface area contributed by atoms with E-state index in [-0.39, 0.29) is 12.1 Å². The number of rotatable bonds is 11. The van der Waals surface area contributed by atoms with E-state index >= 15 is 0 Å². The van der Waals surface area contributed by atoms with E-state index in [4.69, 9.17) is 9.47 Å². The first-order chi connectivity index (χ1) is 13.6. The monoisotopic (exact) mass is 382 g/mol. The first-order valence-corrected chi connectivity index (χ1v) is 10.6. The van der Waals surface area contributed by atoms with Crippen LogP contribution in [0.1, 0.15) is 93.3 Å². The van der Waals surface area contributed by atoms with Crippen molar-refractivity contribution in [1.82, 2.24) is 0 Å². The third kappa shape index (κ3) is 6.49. The van der Waals surface area contributed by atoms with E-state index in [0.29, 0.717) is 23.8 Å². The Morgan fingerprint density at radius 2 is 1.50 bits per heavy atom. The zero-order chi connectivity index (χ0) is 20.4. The lowest BCUT2D eigenvalue weighted by Crippen LogP contribution is -2.09. The van der Waals surface area contributed by atoms with Crippen LogP contribution in [0.4, 0.5) is 0 Å². The second kappa shape index (κ2) is 11.7. The van der Waals surface area contributed by atoms with Gasteiger partial charge in [0.2, 0.25) is 0 Å². The lowest BCUT2D eigenvalue weighted by atomic mass is 9.90. The maximum atomic E-state index is 12.4.